The molecule has 1 saturated carbocycles. The first-order chi connectivity index (χ1) is 10.7. The van der Waals surface area contributed by atoms with Gasteiger partial charge in [0.05, 0.1) is 0 Å². The number of hydrogen-bond acceptors (Lipinski definition) is 5. The molecule has 0 unspecified atom stereocenters. The molecule has 2 aliphatic rings. The van der Waals surface area contributed by atoms with E-state index in [4.69, 9.17) is 0 Å². The number of rotatable bonds is 3. The number of nitrogens with zero attached hydrogens (tertiary/aromatic N) is 5. The average molecular weight is 300 g/mol. The number of hydrogen-bond donors (Lipinski definition) is 1. The predicted octanol–water partition coefficient (Wildman–Crippen LogP) is 0.830. The molecule has 2 aromatic heterocycles. The maximum atomic E-state index is 11.9. The summed E-state index contributed by atoms with van der Waals surface area (Å²) in [6, 6.07) is 5.96. The predicted molar refractivity (Wildman–Crippen MR) is 84.1 cm³/mol. The Bertz CT molecular complexity index is 699. The van der Waals surface area contributed by atoms with E-state index >= 15 is 0 Å². The molecule has 1 aliphatic carbocycles. The van der Waals surface area contributed by atoms with Gasteiger partial charge in [-0.05, 0) is 32.0 Å². The third-order valence-electron chi connectivity index (χ3n) is 4.35. The third-order valence-corrected chi connectivity index (χ3v) is 4.35. The van der Waals surface area contributed by atoms with Gasteiger partial charge in [0, 0.05) is 32.1 Å². The molecule has 7 nitrogen and oxygen atoms in total. The molecular weight excluding hydrogens is 280 g/mol. The molecule has 2 aromatic rings. The molecule has 4 rings (SSSR count). The Hall–Kier alpha value is -2.15. The quantitative estimate of drug-likeness (QED) is 0.909. The lowest BCUT2D eigenvalue weighted by Gasteiger charge is -2.33. The molecule has 1 N–H and O–H groups in total. The van der Waals surface area contributed by atoms with Crippen molar-refractivity contribution < 1.29 is 4.79 Å². The Morgan fingerprint density at radius 2 is 2.00 bits per heavy atom. The second-order valence-corrected chi connectivity index (χ2v) is 6.14. The molecule has 0 radical (unpaired) electrons. The molecule has 1 amide bonds. The van der Waals surface area contributed by atoms with E-state index in [1.165, 1.54) is 0 Å². The number of pyridine rings is 1. The first-order valence-electron chi connectivity index (χ1n) is 7.81. The summed E-state index contributed by atoms with van der Waals surface area (Å²) >= 11 is 0. The monoisotopic (exact) mass is 300 g/mol. The summed E-state index contributed by atoms with van der Waals surface area (Å²) in [6.07, 6.45) is 1.96. The van der Waals surface area contributed by atoms with Gasteiger partial charge in [-0.1, -0.05) is 6.07 Å². The Morgan fingerprint density at radius 3 is 2.73 bits per heavy atom. The fourth-order valence-electron chi connectivity index (χ4n) is 2.78. The van der Waals surface area contributed by atoms with Gasteiger partial charge in [0.1, 0.15) is 5.82 Å². The standard InChI is InChI=1S/C15H20N6O/c1-19-7-9-20(10-8-19)13-4-2-3-12-16-15(18-21(12)13)17-14(22)11-5-6-11/h2-4,11H,5-10H2,1H3,(H,17,18,22). The van der Waals surface area contributed by atoms with E-state index in [0.29, 0.717) is 5.95 Å². The van der Waals surface area contributed by atoms with Gasteiger partial charge in [0.25, 0.3) is 0 Å². The summed E-state index contributed by atoms with van der Waals surface area (Å²) in [5, 5.41) is 7.30. The van der Waals surface area contributed by atoms with Crippen LogP contribution in [0.1, 0.15) is 12.8 Å². The lowest BCUT2D eigenvalue weighted by atomic mass is 10.3. The van der Waals surface area contributed by atoms with Crippen molar-refractivity contribution in [3.63, 3.8) is 0 Å². The van der Waals surface area contributed by atoms with Crippen molar-refractivity contribution in [1.82, 2.24) is 19.5 Å². The number of carbonyl (C=O) groups excluding carboxylic acids is 1. The minimum Gasteiger partial charge on any atom is -0.354 e. The molecule has 1 saturated heterocycles. The third kappa shape index (κ3) is 2.52. The number of fused-ring (bicyclic) bond motifs is 1. The Balaban J connectivity index is 1.61. The van der Waals surface area contributed by atoms with Crippen molar-refractivity contribution in [2.75, 3.05) is 43.4 Å². The number of aromatic nitrogens is 3. The average Bonchev–Trinajstić information content (AvgIpc) is 3.28. The van der Waals surface area contributed by atoms with Gasteiger partial charge in [-0.25, -0.2) is 0 Å². The van der Waals surface area contributed by atoms with Crippen molar-refractivity contribution in [3.8, 4) is 0 Å². The van der Waals surface area contributed by atoms with Crippen molar-refractivity contribution in [2.45, 2.75) is 12.8 Å². The number of carbonyl (C=O) groups is 1. The van der Waals surface area contributed by atoms with Crippen LogP contribution in [-0.2, 0) is 4.79 Å². The maximum Gasteiger partial charge on any atom is 0.249 e. The molecule has 0 bridgehead atoms. The first kappa shape index (κ1) is 13.5. The molecule has 3 heterocycles. The fourth-order valence-corrected chi connectivity index (χ4v) is 2.78. The largest absolute Gasteiger partial charge is 0.354 e. The van der Waals surface area contributed by atoms with Crippen LogP contribution in [0.25, 0.3) is 5.65 Å². The van der Waals surface area contributed by atoms with Gasteiger partial charge < -0.3 is 9.80 Å². The highest BCUT2D eigenvalue weighted by atomic mass is 16.2. The zero-order chi connectivity index (χ0) is 15.1. The molecule has 7 heteroatoms. The van der Waals surface area contributed by atoms with Crippen LogP contribution in [0.3, 0.4) is 0 Å². The molecule has 0 aromatic carbocycles. The maximum absolute atomic E-state index is 11.9. The number of amides is 1. The number of anilines is 2. The van der Waals surface area contributed by atoms with Crippen LogP contribution >= 0.6 is 0 Å². The van der Waals surface area contributed by atoms with Crippen LogP contribution in [0.15, 0.2) is 18.2 Å². The molecule has 0 atom stereocenters. The van der Waals surface area contributed by atoms with E-state index in [1.54, 1.807) is 0 Å². The van der Waals surface area contributed by atoms with Gasteiger partial charge in [-0.2, -0.15) is 9.50 Å². The van der Waals surface area contributed by atoms with Crippen LogP contribution in [0.4, 0.5) is 11.8 Å². The van der Waals surface area contributed by atoms with E-state index in [2.05, 4.69) is 38.3 Å². The van der Waals surface area contributed by atoms with E-state index in [1.807, 2.05) is 16.6 Å². The Labute approximate surface area is 128 Å². The van der Waals surface area contributed by atoms with Crippen LogP contribution in [0.5, 0.6) is 0 Å². The highest BCUT2D eigenvalue weighted by Crippen LogP contribution is 2.30. The normalized spacial score (nSPS) is 19.6. The topological polar surface area (TPSA) is 65.8 Å². The summed E-state index contributed by atoms with van der Waals surface area (Å²) in [7, 11) is 2.14. The number of likely N-dealkylation sites (N-methyl/N-ethyl adjacent to an activating group) is 1. The number of piperazine rings is 1. The smallest absolute Gasteiger partial charge is 0.249 e. The van der Waals surface area contributed by atoms with Crippen LogP contribution in [0, 0.1) is 5.92 Å². The Kier molecular flexibility index (Phi) is 3.22. The van der Waals surface area contributed by atoms with Gasteiger partial charge in [-0.15, -0.1) is 5.10 Å². The van der Waals surface area contributed by atoms with Crippen LogP contribution < -0.4 is 10.2 Å². The minimum absolute atomic E-state index is 0.0389. The highest BCUT2D eigenvalue weighted by Gasteiger charge is 2.30. The van der Waals surface area contributed by atoms with Gasteiger partial charge >= 0.3 is 0 Å². The first-order valence-corrected chi connectivity index (χ1v) is 7.81. The minimum atomic E-state index is 0.0389. The highest BCUT2D eigenvalue weighted by molar-refractivity contribution is 5.92. The summed E-state index contributed by atoms with van der Waals surface area (Å²) in [5.41, 5.74) is 0.766. The second kappa shape index (κ2) is 5.24. The molecular formula is C15H20N6O. The summed E-state index contributed by atoms with van der Waals surface area (Å²) < 4.78 is 1.83. The SMILES string of the molecule is CN1CCN(c2cccc3nc(NC(=O)C4CC4)nn23)CC1. The Morgan fingerprint density at radius 1 is 1.23 bits per heavy atom. The van der Waals surface area contributed by atoms with Crippen molar-refractivity contribution in [2.24, 2.45) is 5.92 Å². The van der Waals surface area contributed by atoms with Gasteiger partial charge in [-0.3, -0.25) is 10.1 Å². The summed E-state index contributed by atoms with van der Waals surface area (Å²) in [6.45, 7) is 4.02. The van der Waals surface area contributed by atoms with E-state index < -0.39 is 0 Å². The lowest BCUT2D eigenvalue weighted by Crippen LogP contribution is -2.45. The molecule has 2 fully saturated rings. The zero-order valence-electron chi connectivity index (χ0n) is 12.7. The molecule has 116 valence electrons. The van der Waals surface area contributed by atoms with Gasteiger partial charge in [0.2, 0.25) is 11.9 Å². The fraction of sp³-hybridized carbons (Fsp3) is 0.533. The van der Waals surface area contributed by atoms with Gasteiger partial charge in [0.15, 0.2) is 5.65 Å². The van der Waals surface area contributed by atoms with Crippen LogP contribution in [-0.4, -0.2) is 58.6 Å². The van der Waals surface area contributed by atoms with E-state index in [9.17, 15) is 4.79 Å². The van der Waals surface area contributed by atoms with E-state index in [-0.39, 0.29) is 11.8 Å². The zero-order valence-corrected chi connectivity index (χ0v) is 12.7. The van der Waals surface area contributed by atoms with Crippen LogP contribution in [0.2, 0.25) is 0 Å². The number of nitrogens with one attached hydrogen (secondary N) is 1. The molecule has 1 aliphatic heterocycles. The van der Waals surface area contributed by atoms with Crippen molar-refractivity contribution in [1.29, 1.82) is 0 Å². The molecule has 0 spiro atoms. The second-order valence-electron chi connectivity index (χ2n) is 6.14. The van der Waals surface area contributed by atoms with Crippen molar-refractivity contribution >= 4 is 23.3 Å². The van der Waals surface area contributed by atoms with Crippen molar-refractivity contribution in [3.05, 3.63) is 18.2 Å². The lowest BCUT2D eigenvalue weighted by molar-refractivity contribution is -0.117. The van der Waals surface area contributed by atoms with E-state index in [0.717, 1.165) is 50.5 Å². The summed E-state index contributed by atoms with van der Waals surface area (Å²) in [5.74, 6) is 1.63. The molecule has 22 heavy (non-hydrogen) atoms. The summed E-state index contributed by atoms with van der Waals surface area (Å²) in [4.78, 5) is 20.9.